The van der Waals surface area contributed by atoms with E-state index in [0.29, 0.717) is 41.6 Å². The zero-order chi connectivity index (χ0) is 30.9. The van der Waals surface area contributed by atoms with Gasteiger partial charge < -0.3 is 29.3 Å². The van der Waals surface area contributed by atoms with Crippen molar-refractivity contribution < 1.29 is 29.0 Å². The first-order valence-electron chi connectivity index (χ1n) is 14.7. The molecular formula is C33H38ClN3O6. The average molecular weight is 608 g/mol. The Morgan fingerprint density at radius 1 is 1.14 bits per heavy atom. The number of anilines is 2. The number of aliphatic hydroxyl groups is 1. The summed E-state index contributed by atoms with van der Waals surface area (Å²) in [5.74, 6) is -2.06. The summed E-state index contributed by atoms with van der Waals surface area (Å²) in [5, 5.41) is 10.6. The van der Waals surface area contributed by atoms with Gasteiger partial charge in [0.15, 0.2) is 0 Å². The Bertz CT molecular complexity index is 1400. The van der Waals surface area contributed by atoms with Gasteiger partial charge in [0.2, 0.25) is 11.8 Å². The lowest BCUT2D eigenvalue weighted by atomic mass is 9.70. The molecule has 6 atom stereocenters. The highest BCUT2D eigenvalue weighted by Crippen LogP contribution is 2.59. The third kappa shape index (κ3) is 5.13. The Morgan fingerprint density at radius 3 is 2.44 bits per heavy atom. The van der Waals surface area contributed by atoms with E-state index >= 15 is 0 Å². The van der Waals surface area contributed by atoms with Gasteiger partial charge >= 0.3 is 0 Å². The number of hydrogen-bond acceptors (Lipinski definition) is 6. The van der Waals surface area contributed by atoms with Crippen molar-refractivity contribution >= 4 is 40.7 Å². The number of likely N-dealkylation sites (tertiary alicyclic amines) is 1. The smallest absolute Gasteiger partial charge is 0.253 e. The molecule has 0 aliphatic carbocycles. The normalized spacial score (nSPS) is 26.1. The van der Waals surface area contributed by atoms with Crippen LogP contribution in [0.4, 0.5) is 11.4 Å². The van der Waals surface area contributed by atoms with Crippen LogP contribution in [0.25, 0.3) is 0 Å². The number of halogens is 1. The number of amides is 3. The summed E-state index contributed by atoms with van der Waals surface area (Å²) in [7, 11) is 0. The van der Waals surface area contributed by atoms with Gasteiger partial charge in [0.1, 0.15) is 17.4 Å². The zero-order valence-corrected chi connectivity index (χ0v) is 25.3. The van der Waals surface area contributed by atoms with Gasteiger partial charge in [-0.05, 0) is 63.1 Å². The molecule has 10 heteroatoms. The number of carbonyl (C=O) groups is 3. The molecular weight excluding hydrogens is 570 g/mol. The number of hydrogen-bond donors (Lipinski definition) is 1. The predicted octanol–water partition coefficient (Wildman–Crippen LogP) is 4.23. The van der Waals surface area contributed by atoms with Crippen LogP contribution in [-0.4, -0.2) is 77.8 Å². The second kappa shape index (κ2) is 12.5. The minimum Gasteiger partial charge on any atom is -0.494 e. The number of fused-ring (bicyclic) bond motifs is 1. The first kappa shape index (κ1) is 30.8. The lowest BCUT2D eigenvalue weighted by molar-refractivity contribution is -0.143. The predicted molar refractivity (Wildman–Crippen MR) is 165 cm³/mol. The van der Waals surface area contributed by atoms with Crippen LogP contribution in [0.3, 0.4) is 0 Å². The fourth-order valence-electron chi connectivity index (χ4n) is 6.99. The highest BCUT2D eigenvalue weighted by atomic mass is 35.5. The van der Waals surface area contributed by atoms with Gasteiger partial charge in [-0.2, -0.15) is 0 Å². The van der Waals surface area contributed by atoms with Crippen LogP contribution < -0.4 is 14.5 Å². The summed E-state index contributed by atoms with van der Waals surface area (Å²) in [5.41, 5.74) is -0.118. The summed E-state index contributed by atoms with van der Waals surface area (Å²) in [6.45, 7) is 11.8. The van der Waals surface area contributed by atoms with Crippen LogP contribution in [0, 0.1) is 11.8 Å². The van der Waals surface area contributed by atoms with Crippen molar-refractivity contribution in [2.45, 2.75) is 50.5 Å². The van der Waals surface area contributed by atoms with Crippen molar-refractivity contribution in [3.63, 3.8) is 0 Å². The van der Waals surface area contributed by atoms with Gasteiger partial charge in [-0.3, -0.25) is 14.4 Å². The maximum Gasteiger partial charge on any atom is 0.253 e. The van der Waals surface area contributed by atoms with E-state index in [9.17, 15) is 19.5 Å². The van der Waals surface area contributed by atoms with Crippen molar-refractivity contribution in [2.75, 3.05) is 36.1 Å². The van der Waals surface area contributed by atoms with E-state index in [2.05, 4.69) is 13.2 Å². The zero-order valence-electron chi connectivity index (χ0n) is 24.5. The summed E-state index contributed by atoms with van der Waals surface area (Å²) in [6, 6.07) is 12.4. The molecule has 3 amide bonds. The van der Waals surface area contributed by atoms with E-state index in [0.717, 1.165) is 0 Å². The van der Waals surface area contributed by atoms with Gasteiger partial charge in [-0.1, -0.05) is 35.9 Å². The Hall–Kier alpha value is -3.66. The quantitative estimate of drug-likeness (QED) is 0.363. The standard InChI is InChI=1S/C33H38ClN3O6/c1-5-18-35(22-12-14-23(15-13-22)42-7-3)30(39)27-26-16-17-33(43-26)28(27)31(40)37(21(4)20-38)29(33)32(41)36(19-6-2)25-11-9-8-10-24(25)34/h5-6,8-15,21,26-29,38H,1-2,7,16-20H2,3-4H3/t21-,26+,27-,28+,29?,33?/m1/s1. The summed E-state index contributed by atoms with van der Waals surface area (Å²) < 4.78 is 12.2. The Morgan fingerprint density at radius 2 is 1.81 bits per heavy atom. The molecule has 3 heterocycles. The van der Waals surface area contributed by atoms with Gasteiger partial charge in [0.05, 0.1) is 47.9 Å². The van der Waals surface area contributed by atoms with Gasteiger partial charge in [-0.25, -0.2) is 0 Å². The minimum absolute atomic E-state index is 0.145. The molecule has 2 unspecified atom stereocenters. The van der Waals surface area contributed by atoms with Crippen molar-refractivity contribution in [1.29, 1.82) is 0 Å². The highest BCUT2D eigenvalue weighted by Gasteiger charge is 2.75. The second-order valence-corrected chi connectivity index (χ2v) is 11.6. The molecule has 1 spiro atoms. The van der Waals surface area contributed by atoms with Crippen LogP contribution in [0.2, 0.25) is 5.02 Å². The molecule has 3 aliphatic rings. The highest BCUT2D eigenvalue weighted by molar-refractivity contribution is 6.34. The maximum absolute atomic E-state index is 14.6. The van der Waals surface area contributed by atoms with Crippen LogP contribution in [0.5, 0.6) is 5.75 Å². The van der Waals surface area contributed by atoms with E-state index < -0.39 is 41.5 Å². The monoisotopic (exact) mass is 607 g/mol. The molecule has 228 valence electrons. The number of rotatable bonds is 12. The summed E-state index contributed by atoms with van der Waals surface area (Å²) >= 11 is 6.52. The van der Waals surface area contributed by atoms with Crippen LogP contribution in [0.1, 0.15) is 26.7 Å². The Kier molecular flexibility index (Phi) is 8.96. The van der Waals surface area contributed by atoms with E-state index in [4.69, 9.17) is 21.1 Å². The fraction of sp³-hybridized carbons (Fsp3) is 0.424. The molecule has 5 rings (SSSR count). The summed E-state index contributed by atoms with van der Waals surface area (Å²) in [4.78, 5) is 47.8. The van der Waals surface area contributed by atoms with Crippen molar-refractivity contribution in [3.05, 3.63) is 78.9 Å². The van der Waals surface area contributed by atoms with Gasteiger partial charge in [0, 0.05) is 18.8 Å². The number of para-hydroxylation sites is 1. The number of carbonyl (C=O) groups excluding carboxylic acids is 3. The molecule has 0 aromatic heterocycles. The molecule has 2 aromatic rings. The first-order chi connectivity index (χ1) is 20.7. The fourth-order valence-corrected chi connectivity index (χ4v) is 7.23. The average Bonchev–Trinajstić information content (AvgIpc) is 3.66. The Balaban J connectivity index is 1.55. The van der Waals surface area contributed by atoms with Crippen molar-refractivity contribution in [2.24, 2.45) is 11.8 Å². The first-order valence-corrected chi connectivity index (χ1v) is 15.0. The topological polar surface area (TPSA) is 99.6 Å². The molecule has 3 aliphatic heterocycles. The summed E-state index contributed by atoms with van der Waals surface area (Å²) in [6.07, 6.45) is 3.64. The maximum atomic E-state index is 14.6. The number of nitrogens with zero attached hydrogens (tertiary/aromatic N) is 3. The minimum atomic E-state index is -1.23. The van der Waals surface area contributed by atoms with E-state index in [1.165, 1.54) is 9.80 Å². The van der Waals surface area contributed by atoms with Gasteiger partial charge in [0.25, 0.3) is 5.91 Å². The van der Waals surface area contributed by atoms with Crippen LogP contribution in [-0.2, 0) is 19.1 Å². The largest absolute Gasteiger partial charge is 0.494 e. The number of ether oxygens (including phenoxy) is 2. The molecule has 0 radical (unpaired) electrons. The van der Waals surface area contributed by atoms with E-state index in [1.54, 1.807) is 72.5 Å². The van der Waals surface area contributed by atoms with Crippen molar-refractivity contribution in [1.82, 2.24) is 4.90 Å². The number of benzene rings is 2. The van der Waals surface area contributed by atoms with E-state index in [-0.39, 0.29) is 31.5 Å². The second-order valence-electron chi connectivity index (χ2n) is 11.2. The Labute approximate surface area is 257 Å². The van der Waals surface area contributed by atoms with Crippen molar-refractivity contribution in [3.8, 4) is 5.75 Å². The van der Waals surface area contributed by atoms with E-state index in [1.807, 2.05) is 6.92 Å². The molecule has 43 heavy (non-hydrogen) atoms. The molecule has 1 N–H and O–H groups in total. The molecule has 0 saturated carbocycles. The molecule has 3 fully saturated rings. The SMILES string of the molecule is C=CCN(C(=O)[C@@H]1[C@@H]2CCC3(O2)C(C(=O)N(CC=C)c2ccccc2Cl)N([C@H](C)CO)C(=O)[C@H]13)c1ccc(OCC)cc1. The lowest BCUT2D eigenvalue weighted by Gasteiger charge is -2.38. The third-order valence-corrected chi connectivity index (χ3v) is 9.07. The molecule has 9 nitrogen and oxygen atoms in total. The van der Waals surface area contributed by atoms with Crippen LogP contribution >= 0.6 is 11.6 Å². The van der Waals surface area contributed by atoms with Gasteiger partial charge in [-0.15, -0.1) is 13.2 Å². The van der Waals surface area contributed by atoms with Crippen LogP contribution in [0.15, 0.2) is 73.8 Å². The number of aliphatic hydroxyl groups excluding tert-OH is 1. The molecule has 2 aromatic carbocycles. The lowest BCUT2D eigenvalue weighted by Crippen LogP contribution is -2.58. The molecule has 3 saturated heterocycles. The third-order valence-electron chi connectivity index (χ3n) is 8.75. The molecule has 2 bridgehead atoms.